The predicted molar refractivity (Wildman–Crippen MR) is 91.3 cm³/mol. The fourth-order valence-electron chi connectivity index (χ4n) is 3.11. The highest BCUT2D eigenvalue weighted by Crippen LogP contribution is 2.40. The number of hydrogen-bond donors (Lipinski definition) is 2. The van der Waals surface area contributed by atoms with Gasteiger partial charge in [0.25, 0.3) is 0 Å². The lowest BCUT2D eigenvalue weighted by atomic mass is 9.80. The Morgan fingerprint density at radius 1 is 1.15 bits per heavy atom. The van der Waals surface area contributed by atoms with E-state index in [2.05, 4.69) is 60.1 Å². The SMILES string of the molecule is CC1SCCSC1C(NN)c1ccc(C2CCC2)cc1. The van der Waals surface area contributed by atoms with Gasteiger partial charge in [0.1, 0.15) is 0 Å². The molecule has 0 spiro atoms. The van der Waals surface area contributed by atoms with Gasteiger partial charge in [0, 0.05) is 22.0 Å². The average molecular weight is 309 g/mol. The van der Waals surface area contributed by atoms with E-state index in [1.165, 1.54) is 41.9 Å². The number of rotatable bonds is 4. The molecule has 1 aliphatic carbocycles. The van der Waals surface area contributed by atoms with E-state index in [9.17, 15) is 0 Å². The van der Waals surface area contributed by atoms with Crippen LogP contribution in [0.1, 0.15) is 49.3 Å². The first-order chi connectivity index (χ1) is 9.79. The van der Waals surface area contributed by atoms with Gasteiger partial charge in [-0.25, -0.2) is 0 Å². The van der Waals surface area contributed by atoms with Gasteiger partial charge < -0.3 is 0 Å². The summed E-state index contributed by atoms with van der Waals surface area (Å²) >= 11 is 4.13. The summed E-state index contributed by atoms with van der Waals surface area (Å²) in [7, 11) is 0. The number of hydrazine groups is 1. The second-order valence-corrected chi connectivity index (χ2v) is 8.62. The third-order valence-corrected chi connectivity index (χ3v) is 7.81. The number of benzene rings is 1. The van der Waals surface area contributed by atoms with Crippen molar-refractivity contribution in [3.63, 3.8) is 0 Å². The number of hydrogen-bond acceptors (Lipinski definition) is 4. The van der Waals surface area contributed by atoms with Crippen LogP contribution in [0.25, 0.3) is 0 Å². The van der Waals surface area contributed by atoms with Gasteiger partial charge in [0.2, 0.25) is 0 Å². The summed E-state index contributed by atoms with van der Waals surface area (Å²) in [6.07, 6.45) is 4.13. The molecule has 1 saturated heterocycles. The second-order valence-electron chi connectivity index (χ2n) is 5.85. The van der Waals surface area contributed by atoms with Gasteiger partial charge in [-0.2, -0.15) is 23.5 Å². The molecule has 4 heteroatoms. The zero-order valence-corrected chi connectivity index (χ0v) is 13.7. The molecule has 3 atom stereocenters. The van der Waals surface area contributed by atoms with Crippen molar-refractivity contribution in [2.75, 3.05) is 11.5 Å². The van der Waals surface area contributed by atoms with E-state index < -0.39 is 0 Å². The molecule has 3 rings (SSSR count). The van der Waals surface area contributed by atoms with Crippen molar-refractivity contribution in [1.82, 2.24) is 5.43 Å². The lowest BCUT2D eigenvalue weighted by Crippen LogP contribution is -2.40. The number of thioether (sulfide) groups is 2. The minimum atomic E-state index is 0.262. The second kappa shape index (κ2) is 6.73. The molecule has 2 aliphatic rings. The molecule has 110 valence electrons. The number of nitrogens with two attached hydrogens (primary N) is 1. The molecular formula is C16H24N2S2. The molecule has 1 aromatic carbocycles. The van der Waals surface area contributed by atoms with E-state index in [1.807, 2.05) is 0 Å². The van der Waals surface area contributed by atoms with Gasteiger partial charge in [0.15, 0.2) is 0 Å². The van der Waals surface area contributed by atoms with Crippen LogP contribution in [0.3, 0.4) is 0 Å². The van der Waals surface area contributed by atoms with Crippen molar-refractivity contribution in [3.8, 4) is 0 Å². The minimum absolute atomic E-state index is 0.262. The summed E-state index contributed by atoms with van der Waals surface area (Å²) in [5.41, 5.74) is 5.91. The average Bonchev–Trinajstić information content (AvgIpc) is 2.41. The van der Waals surface area contributed by atoms with Crippen molar-refractivity contribution in [2.24, 2.45) is 5.84 Å². The zero-order valence-electron chi connectivity index (χ0n) is 12.0. The van der Waals surface area contributed by atoms with E-state index >= 15 is 0 Å². The van der Waals surface area contributed by atoms with Crippen LogP contribution < -0.4 is 11.3 Å². The Labute approximate surface area is 130 Å². The number of nitrogens with one attached hydrogen (secondary N) is 1. The van der Waals surface area contributed by atoms with Crippen LogP contribution in [0.4, 0.5) is 0 Å². The topological polar surface area (TPSA) is 38.0 Å². The maximum absolute atomic E-state index is 5.86. The lowest BCUT2D eigenvalue weighted by molar-refractivity contribution is 0.419. The molecule has 1 aliphatic heterocycles. The molecule has 0 bridgehead atoms. The van der Waals surface area contributed by atoms with Crippen LogP contribution in [-0.4, -0.2) is 22.0 Å². The van der Waals surface area contributed by atoms with E-state index in [-0.39, 0.29) is 6.04 Å². The minimum Gasteiger partial charge on any atom is -0.271 e. The summed E-state index contributed by atoms with van der Waals surface area (Å²) < 4.78 is 0. The lowest BCUT2D eigenvalue weighted by Gasteiger charge is -2.34. The summed E-state index contributed by atoms with van der Waals surface area (Å²) in [4.78, 5) is 0. The van der Waals surface area contributed by atoms with Crippen LogP contribution in [0.2, 0.25) is 0 Å². The Bertz CT molecular complexity index is 431. The first kappa shape index (κ1) is 14.8. The van der Waals surface area contributed by atoms with E-state index in [0.29, 0.717) is 10.5 Å². The van der Waals surface area contributed by atoms with Crippen molar-refractivity contribution in [2.45, 2.75) is 48.6 Å². The highest BCUT2D eigenvalue weighted by molar-refractivity contribution is 8.07. The van der Waals surface area contributed by atoms with Crippen LogP contribution in [0, 0.1) is 0 Å². The maximum atomic E-state index is 5.86. The predicted octanol–water partition coefficient (Wildman–Crippen LogP) is 3.70. The van der Waals surface area contributed by atoms with Crippen molar-refractivity contribution >= 4 is 23.5 Å². The van der Waals surface area contributed by atoms with E-state index in [4.69, 9.17) is 5.84 Å². The van der Waals surface area contributed by atoms with Crippen LogP contribution in [0.15, 0.2) is 24.3 Å². The molecule has 0 radical (unpaired) electrons. The van der Waals surface area contributed by atoms with Gasteiger partial charge in [-0.05, 0) is 29.9 Å². The van der Waals surface area contributed by atoms with Gasteiger partial charge in [0.05, 0.1) is 6.04 Å². The molecule has 0 aromatic heterocycles. The van der Waals surface area contributed by atoms with Crippen molar-refractivity contribution in [1.29, 1.82) is 0 Å². The molecule has 2 nitrogen and oxygen atoms in total. The van der Waals surface area contributed by atoms with Gasteiger partial charge >= 0.3 is 0 Å². The Morgan fingerprint density at radius 2 is 1.85 bits per heavy atom. The first-order valence-corrected chi connectivity index (χ1v) is 9.68. The van der Waals surface area contributed by atoms with Crippen molar-refractivity contribution in [3.05, 3.63) is 35.4 Å². The molecule has 3 unspecified atom stereocenters. The summed E-state index contributed by atoms with van der Waals surface area (Å²) in [6, 6.07) is 9.46. The van der Waals surface area contributed by atoms with Gasteiger partial charge in [-0.15, -0.1) is 0 Å². The molecule has 20 heavy (non-hydrogen) atoms. The monoisotopic (exact) mass is 308 g/mol. The van der Waals surface area contributed by atoms with Gasteiger partial charge in [-0.3, -0.25) is 11.3 Å². The molecular weight excluding hydrogens is 284 g/mol. The highest BCUT2D eigenvalue weighted by Gasteiger charge is 2.31. The Balaban J connectivity index is 1.74. The smallest absolute Gasteiger partial charge is 0.0589 e. The summed E-state index contributed by atoms with van der Waals surface area (Å²) in [5.74, 6) is 9.17. The molecule has 1 saturated carbocycles. The fraction of sp³-hybridized carbons (Fsp3) is 0.625. The normalized spacial score (nSPS) is 28.9. The fourth-order valence-corrected chi connectivity index (χ4v) is 6.04. The Kier molecular flexibility index (Phi) is 4.97. The zero-order chi connectivity index (χ0) is 13.9. The van der Waals surface area contributed by atoms with Crippen molar-refractivity contribution < 1.29 is 0 Å². The first-order valence-electron chi connectivity index (χ1n) is 7.59. The molecule has 2 fully saturated rings. The van der Waals surface area contributed by atoms with E-state index in [1.54, 1.807) is 0 Å². The van der Waals surface area contributed by atoms with Crippen LogP contribution >= 0.6 is 23.5 Å². The van der Waals surface area contributed by atoms with Crippen LogP contribution in [-0.2, 0) is 0 Å². The largest absolute Gasteiger partial charge is 0.271 e. The maximum Gasteiger partial charge on any atom is 0.0589 e. The summed E-state index contributed by atoms with van der Waals surface area (Å²) in [5, 5.41) is 1.22. The van der Waals surface area contributed by atoms with Crippen LogP contribution in [0.5, 0.6) is 0 Å². The Morgan fingerprint density at radius 3 is 2.40 bits per heavy atom. The standard InChI is InChI=1S/C16H24N2S2/c1-11-16(20-10-9-19-11)15(18-17)14-7-5-13(6-8-14)12-3-2-4-12/h5-8,11-12,15-16,18H,2-4,9-10,17H2,1H3. The quantitative estimate of drug-likeness (QED) is 0.657. The Hall–Kier alpha value is -0.160. The molecule has 0 amide bonds. The molecule has 1 aromatic rings. The molecule has 1 heterocycles. The third kappa shape index (κ3) is 3.03. The third-order valence-electron chi connectivity index (χ3n) is 4.62. The molecule has 3 N–H and O–H groups in total. The highest BCUT2D eigenvalue weighted by atomic mass is 32.2. The van der Waals surface area contributed by atoms with E-state index in [0.717, 1.165) is 5.92 Å². The summed E-state index contributed by atoms with van der Waals surface area (Å²) in [6.45, 7) is 2.33. The van der Waals surface area contributed by atoms with Gasteiger partial charge in [-0.1, -0.05) is 37.6 Å².